The summed E-state index contributed by atoms with van der Waals surface area (Å²) >= 11 is 0. The lowest BCUT2D eigenvalue weighted by Crippen LogP contribution is -2.40. The van der Waals surface area contributed by atoms with Crippen LogP contribution in [0.4, 0.5) is 0 Å². The Balaban J connectivity index is 1.70. The van der Waals surface area contributed by atoms with E-state index in [0.717, 1.165) is 54.4 Å². The molecule has 0 radical (unpaired) electrons. The first kappa shape index (κ1) is 15.6. The van der Waals surface area contributed by atoms with E-state index in [2.05, 4.69) is 20.2 Å². The summed E-state index contributed by atoms with van der Waals surface area (Å²) in [4.78, 5) is 23.3. The molecule has 2 aromatic heterocycles. The van der Waals surface area contributed by atoms with Crippen molar-refractivity contribution in [1.29, 1.82) is 0 Å². The van der Waals surface area contributed by atoms with Crippen molar-refractivity contribution in [3.05, 3.63) is 40.7 Å². The van der Waals surface area contributed by atoms with Gasteiger partial charge in [0.2, 0.25) is 5.91 Å². The Morgan fingerprint density at radius 1 is 1.39 bits per heavy atom. The Labute approximate surface area is 136 Å². The van der Waals surface area contributed by atoms with Gasteiger partial charge in [-0.15, -0.1) is 0 Å². The largest absolute Gasteiger partial charge is 0.342 e. The molecule has 0 aromatic carbocycles. The number of amides is 1. The molecule has 0 spiro atoms. The van der Waals surface area contributed by atoms with Crippen LogP contribution >= 0.6 is 0 Å². The van der Waals surface area contributed by atoms with Crippen molar-refractivity contribution in [2.24, 2.45) is 0 Å². The van der Waals surface area contributed by atoms with Crippen molar-refractivity contribution in [3.63, 3.8) is 0 Å². The van der Waals surface area contributed by atoms with Gasteiger partial charge in [0.15, 0.2) is 0 Å². The van der Waals surface area contributed by atoms with Crippen LogP contribution in [-0.2, 0) is 11.2 Å². The standard InChI is InChI=1S/C17H23N5O/c1-11-15(12(2)21-20-11)9-17(23)22-8-4-5-14(10-22)16-6-7-18-13(3)19-16/h6-7,14H,4-5,8-10H2,1-3H3,(H,20,21). The molecule has 1 saturated heterocycles. The quantitative estimate of drug-likeness (QED) is 0.941. The Morgan fingerprint density at radius 2 is 2.22 bits per heavy atom. The van der Waals surface area contributed by atoms with Gasteiger partial charge < -0.3 is 4.90 Å². The minimum Gasteiger partial charge on any atom is -0.342 e. The predicted molar refractivity (Wildman–Crippen MR) is 87.1 cm³/mol. The number of rotatable bonds is 3. The molecule has 1 unspecified atom stereocenters. The maximum absolute atomic E-state index is 12.7. The van der Waals surface area contributed by atoms with Gasteiger partial charge in [0.1, 0.15) is 5.82 Å². The second-order valence-corrected chi connectivity index (χ2v) is 6.30. The van der Waals surface area contributed by atoms with E-state index < -0.39 is 0 Å². The molecule has 6 nitrogen and oxygen atoms in total. The molecule has 3 rings (SSSR count). The Bertz CT molecular complexity index is 689. The van der Waals surface area contributed by atoms with E-state index in [1.54, 1.807) is 6.20 Å². The second-order valence-electron chi connectivity index (χ2n) is 6.30. The van der Waals surface area contributed by atoms with Gasteiger partial charge in [-0.05, 0) is 39.7 Å². The number of likely N-dealkylation sites (tertiary alicyclic amines) is 1. The van der Waals surface area contributed by atoms with E-state index in [4.69, 9.17) is 0 Å². The molecule has 1 N–H and O–H groups in total. The third-order valence-electron chi connectivity index (χ3n) is 4.60. The number of nitrogens with zero attached hydrogens (tertiary/aromatic N) is 4. The van der Waals surface area contributed by atoms with Crippen LogP contribution in [0.1, 0.15) is 47.2 Å². The van der Waals surface area contributed by atoms with Crippen LogP contribution in [0.2, 0.25) is 0 Å². The van der Waals surface area contributed by atoms with Crippen LogP contribution in [-0.4, -0.2) is 44.1 Å². The lowest BCUT2D eigenvalue weighted by atomic mass is 9.94. The van der Waals surface area contributed by atoms with Crippen molar-refractivity contribution < 1.29 is 4.79 Å². The zero-order valence-electron chi connectivity index (χ0n) is 14.0. The van der Waals surface area contributed by atoms with Gasteiger partial charge >= 0.3 is 0 Å². The van der Waals surface area contributed by atoms with Crippen LogP contribution in [0.15, 0.2) is 12.3 Å². The number of aromatic amines is 1. The predicted octanol–water partition coefficient (Wildman–Crippen LogP) is 2.07. The molecule has 3 heterocycles. The Morgan fingerprint density at radius 3 is 2.91 bits per heavy atom. The second kappa shape index (κ2) is 6.48. The first-order valence-electron chi connectivity index (χ1n) is 8.12. The fraction of sp³-hybridized carbons (Fsp3) is 0.529. The molecule has 1 amide bonds. The van der Waals surface area contributed by atoms with Crippen LogP contribution in [0, 0.1) is 20.8 Å². The van der Waals surface area contributed by atoms with E-state index >= 15 is 0 Å². The maximum atomic E-state index is 12.7. The molecule has 23 heavy (non-hydrogen) atoms. The molecule has 1 aliphatic heterocycles. The average molecular weight is 313 g/mol. The molecular weight excluding hydrogens is 290 g/mol. The molecule has 0 bridgehead atoms. The van der Waals surface area contributed by atoms with Crippen molar-refractivity contribution >= 4 is 5.91 Å². The number of nitrogens with one attached hydrogen (secondary N) is 1. The highest BCUT2D eigenvalue weighted by atomic mass is 16.2. The molecule has 0 saturated carbocycles. The van der Waals surface area contributed by atoms with Crippen LogP contribution in [0.5, 0.6) is 0 Å². The number of hydrogen-bond donors (Lipinski definition) is 1. The number of carbonyl (C=O) groups is 1. The highest BCUT2D eigenvalue weighted by Gasteiger charge is 2.26. The minimum absolute atomic E-state index is 0.174. The highest BCUT2D eigenvalue weighted by Crippen LogP contribution is 2.26. The number of H-pyrrole nitrogens is 1. The van der Waals surface area contributed by atoms with Gasteiger partial charge in [0.05, 0.1) is 12.1 Å². The summed E-state index contributed by atoms with van der Waals surface area (Å²) in [7, 11) is 0. The third-order valence-corrected chi connectivity index (χ3v) is 4.60. The van der Waals surface area contributed by atoms with E-state index in [1.807, 2.05) is 31.7 Å². The molecule has 1 aliphatic rings. The number of aromatic nitrogens is 4. The van der Waals surface area contributed by atoms with Gasteiger partial charge in [-0.25, -0.2) is 9.97 Å². The highest BCUT2D eigenvalue weighted by molar-refractivity contribution is 5.79. The lowest BCUT2D eigenvalue weighted by Gasteiger charge is -2.32. The molecule has 6 heteroatoms. The smallest absolute Gasteiger partial charge is 0.227 e. The summed E-state index contributed by atoms with van der Waals surface area (Å²) in [5.74, 6) is 1.27. The SMILES string of the molecule is Cc1nccc(C2CCCN(C(=O)Cc3c(C)n[nH]c3C)C2)n1. The van der Waals surface area contributed by atoms with Crippen molar-refractivity contribution in [3.8, 4) is 0 Å². The number of aryl methyl sites for hydroxylation is 3. The van der Waals surface area contributed by atoms with Gasteiger partial charge in [-0.3, -0.25) is 9.89 Å². The molecule has 0 aliphatic carbocycles. The number of carbonyl (C=O) groups excluding carboxylic acids is 1. The lowest BCUT2D eigenvalue weighted by molar-refractivity contribution is -0.131. The summed E-state index contributed by atoms with van der Waals surface area (Å²) in [6.07, 6.45) is 4.31. The zero-order chi connectivity index (χ0) is 16.4. The molecule has 1 atom stereocenters. The van der Waals surface area contributed by atoms with Gasteiger partial charge in [-0.1, -0.05) is 0 Å². The van der Waals surface area contributed by atoms with Crippen LogP contribution < -0.4 is 0 Å². The number of hydrogen-bond acceptors (Lipinski definition) is 4. The van der Waals surface area contributed by atoms with Crippen molar-refractivity contribution in [2.75, 3.05) is 13.1 Å². The minimum atomic E-state index is 0.174. The van der Waals surface area contributed by atoms with E-state index in [-0.39, 0.29) is 5.91 Å². The average Bonchev–Trinajstić information content (AvgIpc) is 2.87. The topological polar surface area (TPSA) is 74.8 Å². The zero-order valence-corrected chi connectivity index (χ0v) is 14.0. The summed E-state index contributed by atoms with van der Waals surface area (Å²) in [5, 5.41) is 7.12. The van der Waals surface area contributed by atoms with Gasteiger partial charge in [0.25, 0.3) is 0 Å². The van der Waals surface area contributed by atoms with E-state index in [0.29, 0.717) is 12.3 Å². The molecule has 2 aromatic rings. The summed E-state index contributed by atoms with van der Waals surface area (Å²) in [5.41, 5.74) is 3.97. The van der Waals surface area contributed by atoms with Gasteiger partial charge in [0, 0.05) is 42.2 Å². The summed E-state index contributed by atoms with van der Waals surface area (Å²) in [6.45, 7) is 7.38. The normalized spacial score (nSPS) is 18.2. The Kier molecular flexibility index (Phi) is 4.41. The maximum Gasteiger partial charge on any atom is 0.227 e. The van der Waals surface area contributed by atoms with Crippen molar-refractivity contribution in [2.45, 2.75) is 46.0 Å². The molecule has 1 fully saturated rings. The first-order chi connectivity index (χ1) is 11.0. The monoisotopic (exact) mass is 313 g/mol. The molecular formula is C17H23N5O. The third kappa shape index (κ3) is 3.41. The summed E-state index contributed by atoms with van der Waals surface area (Å²) < 4.78 is 0. The van der Waals surface area contributed by atoms with Gasteiger partial charge in [-0.2, -0.15) is 5.10 Å². The van der Waals surface area contributed by atoms with E-state index in [1.165, 1.54) is 0 Å². The summed E-state index contributed by atoms with van der Waals surface area (Å²) in [6, 6.07) is 1.97. The first-order valence-corrected chi connectivity index (χ1v) is 8.12. The number of piperidine rings is 1. The Hall–Kier alpha value is -2.24. The van der Waals surface area contributed by atoms with Crippen molar-refractivity contribution in [1.82, 2.24) is 25.1 Å². The van der Waals surface area contributed by atoms with E-state index in [9.17, 15) is 4.79 Å². The fourth-order valence-corrected chi connectivity index (χ4v) is 3.24. The van der Waals surface area contributed by atoms with Crippen LogP contribution in [0.25, 0.3) is 0 Å². The molecule has 122 valence electrons. The fourth-order valence-electron chi connectivity index (χ4n) is 3.24. The van der Waals surface area contributed by atoms with Crippen LogP contribution in [0.3, 0.4) is 0 Å².